The number of alkyl halides is 3. The zero-order chi connectivity index (χ0) is 31.4. The topological polar surface area (TPSA) is 116 Å². The number of aryl methyl sites for hydroxylation is 1. The van der Waals surface area contributed by atoms with Crippen molar-refractivity contribution in [1.29, 1.82) is 0 Å². The second-order valence-corrected chi connectivity index (χ2v) is 12.7. The number of halogens is 4. The van der Waals surface area contributed by atoms with E-state index in [1.54, 1.807) is 29.9 Å². The molecule has 0 radical (unpaired) electrons. The molecule has 1 aromatic carbocycles. The van der Waals surface area contributed by atoms with Crippen molar-refractivity contribution in [3.63, 3.8) is 0 Å². The molecule has 4 aromatic rings. The highest BCUT2D eigenvalue weighted by Crippen LogP contribution is 2.51. The molecule has 10 nitrogen and oxygen atoms in total. The predicted octanol–water partition coefficient (Wildman–Crippen LogP) is 4.63. The lowest BCUT2D eigenvalue weighted by atomic mass is 9.60. The van der Waals surface area contributed by atoms with Gasteiger partial charge in [0.1, 0.15) is 11.5 Å². The van der Waals surface area contributed by atoms with Crippen LogP contribution in [0.5, 0.6) is 0 Å². The summed E-state index contributed by atoms with van der Waals surface area (Å²) in [6.45, 7) is 1.79. The Balaban J connectivity index is 1.43. The molecule has 1 fully saturated rings. The Morgan fingerprint density at radius 3 is 2.45 bits per heavy atom. The van der Waals surface area contributed by atoms with Gasteiger partial charge in [0.25, 0.3) is 10.0 Å². The smallest absolute Gasteiger partial charge is 0.291 e. The highest BCUT2D eigenvalue weighted by molar-refractivity contribution is 7.89. The van der Waals surface area contributed by atoms with Gasteiger partial charge in [-0.05, 0) is 73.7 Å². The fraction of sp³-hybridized carbons (Fsp3) is 0.345. The van der Waals surface area contributed by atoms with E-state index in [4.69, 9.17) is 0 Å². The second kappa shape index (κ2) is 10.7. The molecule has 0 amide bonds. The summed E-state index contributed by atoms with van der Waals surface area (Å²) in [5.41, 5.74) is 0.233. The Kier molecular flexibility index (Phi) is 7.27. The molecule has 44 heavy (non-hydrogen) atoms. The van der Waals surface area contributed by atoms with Gasteiger partial charge in [-0.25, -0.2) is 17.5 Å². The van der Waals surface area contributed by atoms with Crippen LogP contribution in [0.2, 0.25) is 0 Å². The van der Waals surface area contributed by atoms with Gasteiger partial charge in [-0.3, -0.25) is 9.78 Å². The zero-order valence-corrected chi connectivity index (χ0v) is 24.5. The van der Waals surface area contributed by atoms with E-state index in [0.717, 1.165) is 23.1 Å². The van der Waals surface area contributed by atoms with E-state index in [2.05, 4.69) is 20.3 Å². The molecule has 15 heteroatoms. The number of fused-ring (bicyclic) bond motifs is 2. The van der Waals surface area contributed by atoms with E-state index in [1.807, 2.05) is 6.08 Å². The van der Waals surface area contributed by atoms with Crippen LogP contribution in [-0.4, -0.2) is 60.9 Å². The van der Waals surface area contributed by atoms with Crippen molar-refractivity contribution in [2.24, 2.45) is 12.5 Å². The van der Waals surface area contributed by atoms with Crippen molar-refractivity contribution in [2.45, 2.75) is 49.9 Å². The Hall–Kier alpha value is -4.24. The summed E-state index contributed by atoms with van der Waals surface area (Å²) in [7, 11) is -2.58. The number of carbonyl (C=O) groups is 1. The molecular formula is C29H27F4N7O3S. The first-order valence-corrected chi connectivity index (χ1v) is 15.3. The maximum atomic E-state index is 14.4. The van der Waals surface area contributed by atoms with Crippen LogP contribution >= 0.6 is 0 Å². The van der Waals surface area contributed by atoms with Gasteiger partial charge >= 0.3 is 6.18 Å². The van der Waals surface area contributed by atoms with E-state index in [9.17, 15) is 30.8 Å². The molecule has 2 aliphatic carbocycles. The maximum absolute atomic E-state index is 14.4. The first-order chi connectivity index (χ1) is 20.8. The number of sulfonamides is 1. The molecule has 0 spiro atoms. The van der Waals surface area contributed by atoms with Crippen molar-refractivity contribution >= 4 is 21.9 Å². The van der Waals surface area contributed by atoms with Crippen LogP contribution in [0.4, 0.5) is 17.6 Å². The quantitative estimate of drug-likeness (QED) is 0.216. The summed E-state index contributed by atoms with van der Waals surface area (Å²) in [4.78, 5) is 19.4. The molecule has 2 aliphatic rings. The van der Waals surface area contributed by atoms with Gasteiger partial charge < -0.3 is 0 Å². The van der Waals surface area contributed by atoms with Gasteiger partial charge in [0, 0.05) is 25.8 Å². The summed E-state index contributed by atoms with van der Waals surface area (Å²) in [6, 6.07) is 7.03. The van der Waals surface area contributed by atoms with Crippen molar-refractivity contribution in [3.05, 3.63) is 88.9 Å². The SMILES string of the molecule is CCN([C@H]1CCC2=Cc3c(cnn3-c3ccc(F)cc3)C[C@]2(C(=O)c2ccc(C(F)(F)F)cn2)C1)S(=O)(=O)c1cnn(C)n1. The second-order valence-electron chi connectivity index (χ2n) is 10.9. The Morgan fingerprint density at radius 1 is 1.09 bits per heavy atom. The number of pyridine rings is 1. The van der Waals surface area contributed by atoms with E-state index < -0.39 is 44.8 Å². The van der Waals surface area contributed by atoms with Gasteiger partial charge in [-0.2, -0.15) is 32.5 Å². The first-order valence-electron chi connectivity index (χ1n) is 13.8. The van der Waals surface area contributed by atoms with Crippen LogP contribution in [-0.2, 0) is 29.7 Å². The molecule has 2 atom stereocenters. The van der Waals surface area contributed by atoms with Gasteiger partial charge in [-0.1, -0.05) is 12.5 Å². The molecule has 230 valence electrons. The molecule has 0 aliphatic heterocycles. The molecular weight excluding hydrogens is 602 g/mol. The highest BCUT2D eigenvalue weighted by Gasteiger charge is 2.52. The van der Waals surface area contributed by atoms with Crippen LogP contribution in [0.25, 0.3) is 11.8 Å². The average Bonchev–Trinajstić information content (AvgIpc) is 3.62. The maximum Gasteiger partial charge on any atom is 0.417 e. The lowest BCUT2D eigenvalue weighted by Crippen LogP contribution is -2.50. The summed E-state index contributed by atoms with van der Waals surface area (Å²) in [6.07, 6.45) is 1.50. The molecule has 6 rings (SSSR count). The van der Waals surface area contributed by atoms with Crippen molar-refractivity contribution < 1.29 is 30.8 Å². The molecule has 1 saturated carbocycles. The zero-order valence-electron chi connectivity index (χ0n) is 23.7. The van der Waals surface area contributed by atoms with Crippen LogP contribution in [0.3, 0.4) is 0 Å². The first kappa shape index (κ1) is 29.8. The number of allylic oxidation sites excluding steroid dienone is 1. The molecule has 3 heterocycles. The van der Waals surface area contributed by atoms with Crippen molar-refractivity contribution in [2.75, 3.05) is 6.54 Å². The van der Waals surface area contributed by atoms with Crippen LogP contribution in [0, 0.1) is 11.2 Å². The monoisotopic (exact) mass is 629 g/mol. The largest absolute Gasteiger partial charge is 0.417 e. The minimum absolute atomic E-state index is 0.0644. The number of Topliss-reactive ketones (excluding diaryl/α,β-unsaturated/α-hetero) is 1. The molecule has 0 saturated heterocycles. The lowest BCUT2D eigenvalue weighted by molar-refractivity contribution is -0.137. The normalized spacial score (nSPS) is 20.2. The van der Waals surface area contributed by atoms with Crippen LogP contribution < -0.4 is 0 Å². The van der Waals surface area contributed by atoms with Crippen molar-refractivity contribution in [3.8, 4) is 5.69 Å². The molecule has 0 bridgehead atoms. The minimum Gasteiger partial charge on any atom is -0.291 e. The number of ketones is 1. The van der Waals surface area contributed by atoms with Crippen LogP contribution in [0.1, 0.15) is 53.5 Å². The van der Waals surface area contributed by atoms with E-state index in [0.29, 0.717) is 41.6 Å². The van der Waals surface area contributed by atoms with Crippen LogP contribution in [0.15, 0.2) is 65.6 Å². The molecule has 0 N–H and O–H groups in total. The standard InChI is InChI=1S/C29H27F4N7O3S/c1-3-39(44(42,43)26-17-35-38(2)37-26)23-8-4-19-12-25-18(15-36-40(25)22-9-6-21(30)7-10-22)13-28(19,14-23)27(41)24-11-5-20(16-34-24)29(31,32)33/h5-7,9-12,15-17,23H,3-4,8,13-14H2,1-2H3/t23-,28-/m0/s1. The Morgan fingerprint density at radius 2 is 1.84 bits per heavy atom. The number of aromatic nitrogens is 6. The third kappa shape index (κ3) is 5.03. The van der Waals surface area contributed by atoms with Gasteiger partial charge in [0.2, 0.25) is 5.03 Å². The number of benzene rings is 1. The summed E-state index contributed by atoms with van der Waals surface area (Å²) in [5.74, 6) is -0.910. The summed E-state index contributed by atoms with van der Waals surface area (Å²) < 4.78 is 83.6. The Labute approximate surface area is 250 Å². The summed E-state index contributed by atoms with van der Waals surface area (Å²) in [5, 5.41) is 12.1. The van der Waals surface area contributed by atoms with Gasteiger partial charge in [-0.15, -0.1) is 5.10 Å². The third-order valence-electron chi connectivity index (χ3n) is 8.33. The average molecular weight is 630 g/mol. The third-order valence-corrected chi connectivity index (χ3v) is 10.2. The van der Waals surface area contributed by atoms with E-state index >= 15 is 0 Å². The van der Waals surface area contributed by atoms with Crippen molar-refractivity contribution in [1.82, 2.24) is 34.1 Å². The van der Waals surface area contributed by atoms with E-state index in [-0.39, 0.29) is 30.1 Å². The molecule has 3 aromatic heterocycles. The number of hydrogen-bond donors (Lipinski definition) is 0. The number of nitrogens with zero attached hydrogens (tertiary/aromatic N) is 7. The Bertz CT molecular complexity index is 1870. The minimum atomic E-state index is -4.63. The fourth-order valence-electron chi connectivity index (χ4n) is 6.25. The number of carbonyl (C=O) groups excluding carboxylic acids is 1. The summed E-state index contributed by atoms with van der Waals surface area (Å²) >= 11 is 0. The fourth-order valence-corrected chi connectivity index (χ4v) is 7.80. The lowest BCUT2D eigenvalue weighted by Gasteiger charge is -2.46. The number of hydrogen-bond acceptors (Lipinski definition) is 7. The molecule has 0 unspecified atom stereocenters. The van der Waals surface area contributed by atoms with E-state index in [1.165, 1.54) is 23.5 Å². The number of rotatable bonds is 7. The predicted molar refractivity (Wildman–Crippen MR) is 149 cm³/mol. The van der Waals surface area contributed by atoms with Gasteiger partial charge in [0.05, 0.1) is 34.8 Å². The highest BCUT2D eigenvalue weighted by atomic mass is 32.2. The van der Waals surface area contributed by atoms with Gasteiger partial charge in [0.15, 0.2) is 5.78 Å².